The molecule has 2 aromatic rings. The Morgan fingerprint density at radius 3 is 2.47 bits per heavy atom. The van der Waals surface area contributed by atoms with Crippen molar-refractivity contribution < 1.29 is 23.5 Å². The van der Waals surface area contributed by atoms with Crippen molar-refractivity contribution in [3.05, 3.63) is 66.0 Å². The van der Waals surface area contributed by atoms with E-state index in [1.807, 2.05) is 0 Å². The first kappa shape index (κ1) is 23.5. The highest BCUT2D eigenvalue weighted by molar-refractivity contribution is 6.22. The molecule has 34 heavy (non-hydrogen) atoms. The minimum absolute atomic E-state index is 0.173. The number of nitrogens with zero attached hydrogens (tertiary/aromatic N) is 2. The number of allylic oxidation sites excluding steroid dienone is 1. The second-order valence-electron chi connectivity index (χ2n) is 8.48. The Balaban J connectivity index is 1.52. The number of carbonyl (C=O) groups is 3. The Labute approximate surface area is 198 Å². The van der Waals surface area contributed by atoms with Gasteiger partial charge in [-0.1, -0.05) is 11.6 Å². The van der Waals surface area contributed by atoms with Crippen molar-refractivity contribution in [2.45, 2.75) is 44.6 Å². The van der Waals surface area contributed by atoms with Gasteiger partial charge in [-0.15, -0.1) is 0 Å². The van der Waals surface area contributed by atoms with Crippen molar-refractivity contribution in [1.29, 1.82) is 0 Å². The van der Waals surface area contributed by atoms with Gasteiger partial charge >= 0.3 is 6.03 Å². The van der Waals surface area contributed by atoms with Crippen LogP contribution in [0.5, 0.6) is 5.75 Å². The molecule has 0 saturated carbocycles. The number of hydrogen-bond donors (Lipinski definition) is 1. The summed E-state index contributed by atoms with van der Waals surface area (Å²) >= 11 is 0. The number of carbonyl (C=O) groups excluding carboxylic acids is 3. The standard InChI is InChI=1S/C26H28FN3O4/c1-34-22-13-9-20(10-14-22)28-24(31)17-23-25(32)30(21-11-7-19(27)8-12-21)26(33)29(23)16-15-18-5-3-2-4-6-18/h5,7-14,23H,2-4,6,15-17H2,1H3,(H,28,31). The first-order valence-electron chi connectivity index (χ1n) is 11.5. The van der Waals surface area contributed by atoms with E-state index < -0.39 is 23.8 Å². The number of rotatable bonds is 8. The first-order chi connectivity index (χ1) is 16.5. The van der Waals surface area contributed by atoms with Crippen molar-refractivity contribution in [1.82, 2.24) is 4.90 Å². The molecule has 1 aliphatic carbocycles. The SMILES string of the molecule is COc1ccc(NC(=O)CC2C(=O)N(c3ccc(F)cc3)C(=O)N2CCC2=CCCCC2)cc1. The van der Waals surface area contributed by atoms with Crippen LogP contribution in [0, 0.1) is 5.82 Å². The largest absolute Gasteiger partial charge is 0.497 e. The molecule has 1 heterocycles. The van der Waals surface area contributed by atoms with Gasteiger partial charge in [-0.2, -0.15) is 0 Å². The molecule has 8 heteroatoms. The zero-order chi connectivity index (χ0) is 24.1. The van der Waals surface area contributed by atoms with Gasteiger partial charge < -0.3 is 15.0 Å². The van der Waals surface area contributed by atoms with Gasteiger partial charge in [-0.3, -0.25) is 9.59 Å². The highest BCUT2D eigenvalue weighted by atomic mass is 19.1. The van der Waals surface area contributed by atoms with Gasteiger partial charge in [0, 0.05) is 12.2 Å². The molecular formula is C26H28FN3O4. The Morgan fingerprint density at radius 1 is 1.09 bits per heavy atom. The molecule has 2 aliphatic rings. The van der Waals surface area contributed by atoms with Crippen LogP contribution in [0.25, 0.3) is 0 Å². The van der Waals surface area contributed by atoms with Gasteiger partial charge in [-0.25, -0.2) is 14.1 Å². The third-order valence-corrected chi connectivity index (χ3v) is 6.21. The maximum Gasteiger partial charge on any atom is 0.332 e. The van der Waals surface area contributed by atoms with Crippen LogP contribution in [0.1, 0.15) is 38.5 Å². The van der Waals surface area contributed by atoms with Crippen LogP contribution in [0.3, 0.4) is 0 Å². The molecule has 1 N–H and O–H groups in total. The minimum Gasteiger partial charge on any atom is -0.497 e. The fourth-order valence-electron chi connectivity index (χ4n) is 4.37. The predicted octanol–water partition coefficient (Wildman–Crippen LogP) is 4.89. The van der Waals surface area contributed by atoms with E-state index in [1.165, 1.54) is 34.7 Å². The smallest absolute Gasteiger partial charge is 0.332 e. The summed E-state index contributed by atoms with van der Waals surface area (Å²) in [5, 5.41) is 2.78. The molecule has 178 valence electrons. The summed E-state index contributed by atoms with van der Waals surface area (Å²) in [5.41, 5.74) is 2.13. The summed E-state index contributed by atoms with van der Waals surface area (Å²) in [5.74, 6) is -0.662. The molecule has 1 fully saturated rings. The highest BCUT2D eigenvalue weighted by Gasteiger charge is 2.46. The number of halogens is 1. The summed E-state index contributed by atoms with van der Waals surface area (Å²) in [4.78, 5) is 41.9. The monoisotopic (exact) mass is 465 g/mol. The molecule has 1 saturated heterocycles. The number of urea groups is 1. The van der Waals surface area contributed by atoms with E-state index in [9.17, 15) is 18.8 Å². The molecule has 2 aromatic carbocycles. The second kappa shape index (κ2) is 10.5. The second-order valence-corrected chi connectivity index (χ2v) is 8.48. The maximum atomic E-state index is 13.4. The molecule has 4 rings (SSSR count). The number of amides is 4. The van der Waals surface area contributed by atoms with E-state index in [4.69, 9.17) is 4.74 Å². The van der Waals surface area contributed by atoms with Crippen molar-refractivity contribution in [2.24, 2.45) is 0 Å². The molecule has 1 atom stereocenters. The summed E-state index contributed by atoms with van der Waals surface area (Å²) in [6.45, 7) is 0.342. The van der Waals surface area contributed by atoms with E-state index >= 15 is 0 Å². The van der Waals surface area contributed by atoms with Crippen molar-refractivity contribution in [2.75, 3.05) is 23.9 Å². The first-order valence-corrected chi connectivity index (χ1v) is 11.5. The lowest BCUT2D eigenvalue weighted by Gasteiger charge is -2.23. The molecule has 4 amide bonds. The van der Waals surface area contributed by atoms with Gasteiger partial charge in [0.2, 0.25) is 5.91 Å². The number of nitrogens with one attached hydrogen (secondary N) is 1. The average molecular weight is 466 g/mol. The van der Waals surface area contributed by atoms with Crippen LogP contribution in [0.15, 0.2) is 60.2 Å². The highest BCUT2D eigenvalue weighted by Crippen LogP contribution is 2.29. The predicted molar refractivity (Wildman–Crippen MR) is 127 cm³/mol. The van der Waals surface area contributed by atoms with Crippen molar-refractivity contribution >= 4 is 29.2 Å². The van der Waals surface area contributed by atoms with Crippen molar-refractivity contribution in [3.8, 4) is 5.75 Å². The quantitative estimate of drug-likeness (QED) is 0.445. The molecule has 0 bridgehead atoms. The van der Waals surface area contributed by atoms with E-state index in [1.54, 1.807) is 31.4 Å². The molecule has 0 aromatic heterocycles. The van der Waals surface area contributed by atoms with Gasteiger partial charge in [0.15, 0.2) is 0 Å². The lowest BCUT2D eigenvalue weighted by atomic mass is 9.97. The van der Waals surface area contributed by atoms with E-state index in [-0.39, 0.29) is 18.0 Å². The lowest BCUT2D eigenvalue weighted by Crippen LogP contribution is -2.38. The summed E-state index contributed by atoms with van der Waals surface area (Å²) in [6.07, 6.45) is 6.98. The maximum absolute atomic E-state index is 13.4. The Hall–Kier alpha value is -3.68. The average Bonchev–Trinajstić information content (AvgIpc) is 3.08. The third-order valence-electron chi connectivity index (χ3n) is 6.21. The van der Waals surface area contributed by atoms with Crippen molar-refractivity contribution in [3.63, 3.8) is 0 Å². The Bertz CT molecular complexity index is 1080. The number of benzene rings is 2. The molecule has 1 aliphatic heterocycles. The zero-order valence-corrected chi connectivity index (χ0v) is 19.1. The molecule has 1 unspecified atom stereocenters. The van der Waals surface area contributed by atoms with Gasteiger partial charge in [0.25, 0.3) is 5.91 Å². The molecule has 0 spiro atoms. The summed E-state index contributed by atoms with van der Waals surface area (Å²) in [6, 6.07) is 10.6. The Morgan fingerprint density at radius 2 is 1.82 bits per heavy atom. The van der Waals surface area contributed by atoms with Gasteiger partial charge in [-0.05, 0) is 80.6 Å². The van der Waals surface area contributed by atoms with Crippen LogP contribution < -0.4 is 15.0 Å². The topological polar surface area (TPSA) is 79.0 Å². The molecule has 7 nitrogen and oxygen atoms in total. The van der Waals surface area contributed by atoms with Crippen LogP contribution in [0.2, 0.25) is 0 Å². The number of ether oxygens (including phenoxy) is 1. The van der Waals surface area contributed by atoms with Crippen LogP contribution in [-0.2, 0) is 9.59 Å². The Kier molecular flexibility index (Phi) is 7.25. The van der Waals surface area contributed by atoms with Crippen LogP contribution in [-0.4, -0.2) is 42.4 Å². The normalized spacial score (nSPS) is 18.2. The minimum atomic E-state index is -0.931. The van der Waals surface area contributed by atoms with Gasteiger partial charge in [0.1, 0.15) is 17.6 Å². The lowest BCUT2D eigenvalue weighted by molar-refractivity contribution is -0.124. The van der Waals surface area contributed by atoms with Crippen LogP contribution >= 0.6 is 0 Å². The van der Waals surface area contributed by atoms with Gasteiger partial charge in [0.05, 0.1) is 19.2 Å². The number of hydrogen-bond acceptors (Lipinski definition) is 4. The van der Waals surface area contributed by atoms with E-state index in [0.717, 1.165) is 30.6 Å². The number of imide groups is 1. The number of methoxy groups -OCH3 is 1. The summed E-state index contributed by atoms with van der Waals surface area (Å²) in [7, 11) is 1.56. The molecular weight excluding hydrogens is 437 g/mol. The van der Waals surface area contributed by atoms with E-state index in [2.05, 4.69) is 11.4 Å². The van der Waals surface area contributed by atoms with Crippen LogP contribution in [0.4, 0.5) is 20.6 Å². The fraction of sp³-hybridized carbons (Fsp3) is 0.346. The zero-order valence-electron chi connectivity index (χ0n) is 19.1. The van der Waals surface area contributed by atoms with E-state index in [0.29, 0.717) is 24.4 Å². The fourth-order valence-corrected chi connectivity index (χ4v) is 4.37. The number of anilines is 2. The third kappa shape index (κ3) is 5.27. The molecule has 0 radical (unpaired) electrons. The summed E-state index contributed by atoms with van der Waals surface area (Å²) < 4.78 is 18.5.